The lowest BCUT2D eigenvalue weighted by molar-refractivity contribution is -0.117. The van der Waals surface area contributed by atoms with E-state index in [0.717, 1.165) is 33.6 Å². The summed E-state index contributed by atoms with van der Waals surface area (Å²) in [4.78, 5) is 35.5. The predicted molar refractivity (Wildman–Crippen MR) is 159 cm³/mol. The highest BCUT2D eigenvalue weighted by Gasteiger charge is 2.15. The van der Waals surface area contributed by atoms with Crippen LogP contribution in [0.5, 0.6) is 5.75 Å². The zero-order chi connectivity index (χ0) is 29.1. The molecule has 4 aromatic rings. The number of benzene rings is 3. The molecule has 9 heteroatoms. The summed E-state index contributed by atoms with van der Waals surface area (Å²) in [6.45, 7) is 4.66. The quantitative estimate of drug-likeness (QED) is 0.333. The number of nitrogens with one attached hydrogen (secondary N) is 1. The van der Waals surface area contributed by atoms with E-state index in [1.807, 2.05) is 18.2 Å². The summed E-state index contributed by atoms with van der Waals surface area (Å²) >= 11 is 0. The standard InChI is InChI=1S/C33H34N4O5/c1-2-41-33(39)27-7-4-8-30(18-27)36-32(38)22-37-11-12-40-13-14-42-31-10-9-26(29-19-34-23-35-20-29)17-28(31)16-24-5-3-6-25(15-24)21-37/h3-10,15,17-20,23H,2,11-14,16,21-22H2,1H3,(H,36,38). The van der Waals surface area contributed by atoms with Crippen LogP contribution >= 0.6 is 0 Å². The average Bonchev–Trinajstić information content (AvgIpc) is 3.00. The van der Waals surface area contributed by atoms with Gasteiger partial charge in [0, 0.05) is 43.2 Å². The molecule has 0 saturated carbocycles. The first-order valence-corrected chi connectivity index (χ1v) is 14.0. The number of carbonyl (C=O) groups is 2. The summed E-state index contributed by atoms with van der Waals surface area (Å²) in [5.74, 6) is 0.229. The predicted octanol–water partition coefficient (Wildman–Crippen LogP) is 4.76. The molecule has 0 atom stereocenters. The lowest BCUT2D eigenvalue weighted by Crippen LogP contribution is -2.35. The molecule has 2 heterocycles. The first kappa shape index (κ1) is 28.9. The van der Waals surface area contributed by atoms with E-state index in [-0.39, 0.29) is 19.1 Å². The fourth-order valence-corrected chi connectivity index (χ4v) is 4.86. The Bertz CT molecular complexity index is 1510. The van der Waals surface area contributed by atoms with Gasteiger partial charge in [-0.2, -0.15) is 0 Å². The minimum atomic E-state index is -0.419. The van der Waals surface area contributed by atoms with Crippen LogP contribution in [-0.4, -0.2) is 66.3 Å². The molecule has 3 aromatic carbocycles. The zero-order valence-electron chi connectivity index (χ0n) is 23.6. The van der Waals surface area contributed by atoms with Gasteiger partial charge >= 0.3 is 5.97 Å². The summed E-state index contributed by atoms with van der Waals surface area (Å²) in [5, 5.41) is 2.91. The van der Waals surface area contributed by atoms with Crippen LogP contribution in [0.15, 0.2) is 85.5 Å². The third-order valence-electron chi connectivity index (χ3n) is 6.81. The van der Waals surface area contributed by atoms with Crippen molar-refractivity contribution in [3.63, 3.8) is 0 Å². The third kappa shape index (κ3) is 7.99. The highest BCUT2D eigenvalue weighted by molar-refractivity contribution is 5.95. The topological polar surface area (TPSA) is 103 Å². The number of ether oxygens (including phenoxy) is 3. The molecule has 216 valence electrons. The molecule has 0 spiro atoms. The minimum absolute atomic E-state index is 0.166. The Kier molecular flexibility index (Phi) is 9.87. The van der Waals surface area contributed by atoms with Crippen molar-refractivity contribution in [2.45, 2.75) is 19.9 Å². The van der Waals surface area contributed by atoms with Gasteiger partial charge in [0.25, 0.3) is 0 Å². The van der Waals surface area contributed by atoms with E-state index in [0.29, 0.717) is 50.6 Å². The van der Waals surface area contributed by atoms with Gasteiger partial charge < -0.3 is 19.5 Å². The molecule has 0 saturated heterocycles. The van der Waals surface area contributed by atoms with Crippen LogP contribution in [-0.2, 0) is 27.2 Å². The number of carbonyl (C=O) groups excluding carboxylic acids is 2. The minimum Gasteiger partial charge on any atom is -0.491 e. The average molecular weight is 567 g/mol. The number of nitrogens with zero attached hydrogens (tertiary/aromatic N) is 3. The van der Waals surface area contributed by atoms with E-state index in [1.54, 1.807) is 43.6 Å². The number of anilines is 1. The molecule has 2 bridgehead atoms. The molecular weight excluding hydrogens is 532 g/mol. The Morgan fingerprint density at radius 2 is 1.76 bits per heavy atom. The molecule has 1 aromatic heterocycles. The van der Waals surface area contributed by atoms with E-state index >= 15 is 0 Å². The SMILES string of the molecule is CCOC(=O)c1cccc(NC(=O)CN2CCOCCOc3ccc(-c4cncnc4)cc3Cc3cccc(c3)C2)c1. The highest BCUT2D eigenvalue weighted by Crippen LogP contribution is 2.28. The number of aromatic nitrogens is 2. The molecule has 5 rings (SSSR count). The zero-order valence-corrected chi connectivity index (χ0v) is 23.6. The van der Waals surface area contributed by atoms with Crippen molar-refractivity contribution in [2.24, 2.45) is 0 Å². The summed E-state index contributed by atoms with van der Waals surface area (Å²) in [6.07, 6.45) is 5.81. The van der Waals surface area contributed by atoms with Gasteiger partial charge in [-0.3, -0.25) is 9.69 Å². The summed E-state index contributed by atoms with van der Waals surface area (Å²) in [5.41, 5.74) is 6.21. The van der Waals surface area contributed by atoms with Crippen molar-refractivity contribution in [2.75, 3.05) is 44.8 Å². The lowest BCUT2D eigenvalue weighted by Gasteiger charge is -2.23. The van der Waals surface area contributed by atoms with Crippen molar-refractivity contribution < 1.29 is 23.8 Å². The maximum atomic E-state index is 13.0. The molecule has 42 heavy (non-hydrogen) atoms. The van der Waals surface area contributed by atoms with Crippen molar-refractivity contribution in [1.29, 1.82) is 0 Å². The maximum absolute atomic E-state index is 13.0. The summed E-state index contributed by atoms with van der Waals surface area (Å²) in [7, 11) is 0. The van der Waals surface area contributed by atoms with E-state index in [4.69, 9.17) is 14.2 Å². The Morgan fingerprint density at radius 1 is 0.929 bits per heavy atom. The van der Waals surface area contributed by atoms with Gasteiger partial charge in [0.05, 0.1) is 31.9 Å². The molecule has 0 radical (unpaired) electrons. The number of hydrogen-bond donors (Lipinski definition) is 1. The third-order valence-corrected chi connectivity index (χ3v) is 6.81. The van der Waals surface area contributed by atoms with Crippen LogP contribution in [0.2, 0.25) is 0 Å². The molecule has 1 aliphatic heterocycles. The van der Waals surface area contributed by atoms with Gasteiger partial charge in [0.2, 0.25) is 5.91 Å². The number of esters is 1. The van der Waals surface area contributed by atoms with Crippen LogP contribution < -0.4 is 10.1 Å². The van der Waals surface area contributed by atoms with Crippen LogP contribution in [0.1, 0.15) is 34.0 Å². The van der Waals surface area contributed by atoms with Crippen LogP contribution in [0.3, 0.4) is 0 Å². The van der Waals surface area contributed by atoms with E-state index < -0.39 is 5.97 Å². The Hall–Kier alpha value is -4.60. The fraction of sp³-hybridized carbons (Fsp3) is 0.273. The van der Waals surface area contributed by atoms with Crippen molar-refractivity contribution in [3.05, 3.63) is 108 Å². The summed E-state index contributed by atoms with van der Waals surface area (Å²) in [6, 6.07) is 21.3. The second-order valence-electron chi connectivity index (χ2n) is 9.97. The van der Waals surface area contributed by atoms with Gasteiger partial charge in [0.1, 0.15) is 18.7 Å². The molecular formula is C33H34N4O5. The Labute approximate surface area is 245 Å². The van der Waals surface area contributed by atoms with Gasteiger partial charge in [0.15, 0.2) is 0 Å². The first-order valence-electron chi connectivity index (χ1n) is 14.0. The first-order chi connectivity index (χ1) is 20.6. The number of hydrogen-bond acceptors (Lipinski definition) is 8. The summed E-state index contributed by atoms with van der Waals surface area (Å²) < 4.78 is 17.1. The van der Waals surface area contributed by atoms with E-state index in [9.17, 15) is 9.59 Å². The molecule has 0 aliphatic carbocycles. The van der Waals surface area contributed by atoms with Crippen molar-refractivity contribution in [1.82, 2.24) is 14.9 Å². The van der Waals surface area contributed by atoms with Crippen LogP contribution in [0, 0.1) is 0 Å². The molecule has 0 fully saturated rings. The van der Waals surface area contributed by atoms with E-state index in [1.165, 1.54) is 6.33 Å². The molecule has 9 nitrogen and oxygen atoms in total. The van der Waals surface area contributed by atoms with Crippen LogP contribution in [0.4, 0.5) is 5.69 Å². The Balaban J connectivity index is 1.31. The molecule has 0 unspecified atom stereocenters. The van der Waals surface area contributed by atoms with Gasteiger partial charge in [-0.15, -0.1) is 0 Å². The number of rotatable bonds is 6. The normalized spacial score (nSPS) is 14.1. The molecule has 1 aliphatic rings. The number of amides is 1. The maximum Gasteiger partial charge on any atom is 0.338 e. The molecule has 1 N–H and O–H groups in total. The van der Waals surface area contributed by atoms with E-state index in [2.05, 4.69) is 44.5 Å². The van der Waals surface area contributed by atoms with Crippen LogP contribution in [0.25, 0.3) is 11.1 Å². The fourth-order valence-electron chi connectivity index (χ4n) is 4.86. The van der Waals surface area contributed by atoms with Gasteiger partial charge in [-0.1, -0.05) is 36.4 Å². The van der Waals surface area contributed by atoms with Crippen molar-refractivity contribution in [3.8, 4) is 16.9 Å². The Morgan fingerprint density at radius 3 is 2.62 bits per heavy atom. The van der Waals surface area contributed by atoms with Gasteiger partial charge in [-0.05, 0) is 59.5 Å². The highest BCUT2D eigenvalue weighted by atomic mass is 16.5. The monoisotopic (exact) mass is 566 g/mol. The lowest BCUT2D eigenvalue weighted by atomic mass is 9.98. The largest absolute Gasteiger partial charge is 0.491 e. The second kappa shape index (κ2) is 14.3. The second-order valence-corrected chi connectivity index (χ2v) is 9.97. The molecule has 1 amide bonds. The number of fused-ring (bicyclic) bond motifs is 3. The van der Waals surface area contributed by atoms with Crippen molar-refractivity contribution >= 4 is 17.6 Å². The van der Waals surface area contributed by atoms with Gasteiger partial charge in [-0.25, -0.2) is 14.8 Å². The smallest absolute Gasteiger partial charge is 0.338 e.